The molecule has 1 rings (SSSR count). The fourth-order valence-electron chi connectivity index (χ4n) is 1.63. The van der Waals surface area contributed by atoms with Gasteiger partial charge < -0.3 is 16.0 Å². The third kappa shape index (κ3) is 5.84. The molecule has 0 aliphatic rings. The van der Waals surface area contributed by atoms with E-state index in [9.17, 15) is 4.39 Å². The van der Waals surface area contributed by atoms with Gasteiger partial charge in [0.05, 0.1) is 16.5 Å². The lowest BCUT2D eigenvalue weighted by atomic mass is 10.1. The maximum atomic E-state index is 13.1. The Bertz CT molecular complexity index is 615. The van der Waals surface area contributed by atoms with Crippen LogP contribution in [0.2, 0.25) is 0 Å². The summed E-state index contributed by atoms with van der Waals surface area (Å²) in [6.07, 6.45) is 2.99. The maximum absolute atomic E-state index is 13.1. The SMILES string of the molecule is CCN/C(Br)=C(\C=N)C/C(=C/N=N)Nc1ccc(F)cc1I. The van der Waals surface area contributed by atoms with E-state index in [1.165, 1.54) is 24.5 Å². The predicted octanol–water partition coefficient (Wildman–Crippen LogP) is 4.97. The second-order valence-electron chi connectivity index (χ2n) is 4.22. The fourth-order valence-corrected chi connectivity index (χ4v) is 2.78. The Morgan fingerprint density at radius 1 is 1.50 bits per heavy atom. The van der Waals surface area contributed by atoms with Crippen molar-refractivity contribution >= 4 is 50.4 Å². The van der Waals surface area contributed by atoms with Gasteiger partial charge in [-0.05, 0) is 63.6 Å². The molecule has 0 unspecified atom stereocenters. The molecule has 0 saturated carbocycles. The van der Waals surface area contributed by atoms with E-state index < -0.39 is 0 Å². The Morgan fingerprint density at radius 3 is 2.77 bits per heavy atom. The molecule has 0 heterocycles. The minimum absolute atomic E-state index is 0.305. The summed E-state index contributed by atoms with van der Waals surface area (Å²) in [5.74, 6) is -0.305. The average molecular weight is 480 g/mol. The van der Waals surface area contributed by atoms with Gasteiger partial charge in [-0.1, -0.05) is 0 Å². The van der Waals surface area contributed by atoms with Crippen LogP contribution in [0.3, 0.4) is 0 Å². The number of nitrogens with zero attached hydrogens (tertiary/aromatic N) is 1. The van der Waals surface area contributed by atoms with Crippen molar-refractivity contribution in [1.82, 2.24) is 5.32 Å². The van der Waals surface area contributed by atoms with Crippen LogP contribution in [0.15, 0.2) is 45.4 Å². The Kier molecular flexibility index (Phi) is 8.25. The van der Waals surface area contributed by atoms with E-state index in [4.69, 9.17) is 10.9 Å². The van der Waals surface area contributed by atoms with Gasteiger partial charge in [-0.2, -0.15) is 5.11 Å². The summed E-state index contributed by atoms with van der Waals surface area (Å²) >= 11 is 5.42. The highest BCUT2D eigenvalue weighted by atomic mass is 127. The van der Waals surface area contributed by atoms with E-state index in [0.29, 0.717) is 17.7 Å². The molecule has 8 heteroatoms. The van der Waals surface area contributed by atoms with Crippen LogP contribution in [0.5, 0.6) is 0 Å². The minimum atomic E-state index is -0.305. The zero-order chi connectivity index (χ0) is 16.5. The molecule has 118 valence electrons. The Morgan fingerprint density at radius 2 is 2.23 bits per heavy atom. The van der Waals surface area contributed by atoms with Crippen LogP contribution in [0.25, 0.3) is 0 Å². The summed E-state index contributed by atoms with van der Waals surface area (Å²) in [6.45, 7) is 2.68. The number of halogens is 3. The van der Waals surface area contributed by atoms with Gasteiger partial charge in [0.2, 0.25) is 0 Å². The first-order valence-corrected chi connectivity index (χ1v) is 8.29. The van der Waals surface area contributed by atoms with Gasteiger partial charge in [-0.3, -0.25) is 0 Å². The summed E-state index contributed by atoms with van der Waals surface area (Å²) in [7, 11) is 0. The average Bonchev–Trinajstić information content (AvgIpc) is 2.47. The van der Waals surface area contributed by atoms with Crippen molar-refractivity contribution < 1.29 is 4.39 Å². The number of benzene rings is 1. The van der Waals surface area contributed by atoms with Crippen LogP contribution in [0.1, 0.15) is 13.3 Å². The van der Waals surface area contributed by atoms with Crippen molar-refractivity contribution in [2.45, 2.75) is 13.3 Å². The zero-order valence-corrected chi connectivity index (χ0v) is 15.6. The van der Waals surface area contributed by atoms with Crippen molar-refractivity contribution in [3.8, 4) is 0 Å². The van der Waals surface area contributed by atoms with E-state index in [-0.39, 0.29) is 5.82 Å². The van der Waals surface area contributed by atoms with Crippen LogP contribution in [0.4, 0.5) is 10.1 Å². The van der Waals surface area contributed by atoms with Gasteiger partial charge in [0, 0.05) is 34.0 Å². The smallest absolute Gasteiger partial charge is 0.124 e. The molecule has 0 radical (unpaired) electrons. The van der Waals surface area contributed by atoms with Gasteiger partial charge in [0.1, 0.15) is 5.82 Å². The molecule has 0 saturated heterocycles. The highest BCUT2D eigenvalue weighted by molar-refractivity contribution is 14.1. The van der Waals surface area contributed by atoms with Crippen molar-refractivity contribution in [3.63, 3.8) is 0 Å². The van der Waals surface area contributed by atoms with E-state index in [1.54, 1.807) is 6.07 Å². The van der Waals surface area contributed by atoms with Crippen molar-refractivity contribution in [1.29, 1.82) is 10.9 Å². The third-order valence-electron chi connectivity index (χ3n) is 2.62. The fraction of sp³-hybridized carbons (Fsp3) is 0.214. The standard InChI is InChI=1S/C14H16BrFIN5/c1-2-20-14(15)9(7-18)5-11(8-21-19)22-13-4-3-10(16)6-12(13)17/h3-4,6-8,18-20,22H,2,5H2,1H3/b11-8-,14-9-,18-7?,21-19?. The second kappa shape index (κ2) is 9.67. The van der Waals surface area contributed by atoms with Gasteiger partial charge in [-0.15, -0.1) is 0 Å². The number of hydrogen-bond acceptors (Lipinski definition) is 5. The van der Waals surface area contributed by atoms with E-state index >= 15 is 0 Å². The largest absolute Gasteiger partial charge is 0.379 e. The van der Waals surface area contributed by atoms with E-state index in [1.807, 2.05) is 29.5 Å². The molecule has 0 aliphatic heterocycles. The molecule has 0 aromatic heterocycles. The number of rotatable bonds is 8. The van der Waals surface area contributed by atoms with Crippen LogP contribution in [-0.4, -0.2) is 12.8 Å². The minimum Gasteiger partial charge on any atom is -0.379 e. The monoisotopic (exact) mass is 479 g/mol. The van der Waals surface area contributed by atoms with E-state index in [2.05, 4.69) is 31.7 Å². The van der Waals surface area contributed by atoms with Crippen LogP contribution < -0.4 is 10.6 Å². The molecule has 0 atom stereocenters. The Labute approximate surface area is 150 Å². The predicted molar refractivity (Wildman–Crippen MR) is 99.0 cm³/mol. The molecule has 4 N–H and O–H groups in total. The molecule has 1 aromatic rings. The number of anilines is 1. The molecule has 1 aromatic carbocycles. The second-order valence-corrected chi connectivity index (χ2v) is 6.18. The quantitative estimate of drug-likeness (QED) is 0.184. The van der Waals surface area contributed by atoms with Crippen LogP contribution in [0, 0.1) is 20.3 Å². The van der Waals surface area contributed by atoms with Gasteiger partial charge in [-0.25, -0.2) is 9.92 Å². The van der Waals surface area contributed by atoms with Crippen molar-refractivity contribution in [2.24, 2.45) is 5.11 Å². The molecule has 0 fully saturated rings. The summed E-state index contributed by atoms with van der Waals surface area (Å²) in [5, 5.41) is 17.0. The summed E-state index contributed by atoms with van der Waals surface area (Å²) in [4.78, 5) is 0. The molecule has 5 nitrogen and oxygen atoms in total. The zero-order valence-electron chi connectivity index (χ0n) is 11.9. The number of allylic oxidation sites excluding steroid dienone is 1. The molecule has 0 spiro atoms. The third-order valence-corrected chi connectivity index (χ3v) is 4.30. The first-order valence-electron chi connectivity index (χ1n) is 6.42. The van der Waals surface area contributed by atoms with Crippen LogP contribution >= 0.6 is 38.5 Å². The highest BCUT2D eigenvalue weighted by Gasteiger charge is 2.08. The van der Waals surface area contributed by atoms with Crippen molar-refractivity contribution in [3.05, 3.63) is 49.7 Å². The summed E-state index contributed by atoms with van der Waals surface area (Å²) in [6, 6.07) is 4.41. The molecule has 0 amide bonds. The topological polar surface area (TPSA) is 84.1 Å². The lowest BCUT2D eigenvalue weighted by Gasteiger charge is -2.14. The van der Waals surface area contributed by atoms with E-state index in [0.717, 1.165) is 20.4 Å². The maximum Gasteiger partial charge on any atom is 0.124 e. The lowest BCUT2D eigenvalue weighted by Crippen LogP contribution is -2.12. The van der Waals surface area contributed by atoms with Crippen molar-refractivity contribution in [2.75, 3.05) is 11.9 Å². The molecule has 0 aliphatic carbocycles. The lowest BCUT2D eigenvalue weighted by molar-refractivity contribution is 0.627. The Hall–Kier alpha value is -1.29. The van der Waals surface area contributed by atoms with Gasteiger partial charge in [0.15, 0.2) is 0 Å². The van der Waals surface area contributed by atoms with Gasteiger partial charge in [0.25, 0.3) is 0 Å². The van der Waals surface area contributed by atoms with Gasteiger partial charge >= 0.3 is 0 Å². The number of hydrogen-bond donors (Lipinski definition) is 4. The molecular formula is C14H16BrFIN5. The first-order chi connectivity index (χ1) is 10.5. The first kappa shape index (κ1) is 18.8. The normalized spacial score (nSPS) is 12.5. The molecule has 0 bridgehead atoms. The summed E-state index contributed by atoms with van der Waals surface area (Å²) in [5.41, 5.74) is 9.09. The molecular weight excluding hydrogens is 464 g/mol. The number of nitrogens with one attached hydrogen (secondary N) is 4. The Balaban J connectivity index is 3.00. The van der Waals surface area contributed by atoms with Crippen LogP contribution in [-0.2, 0) is 0 Å². The molecule has 22 heavy (non-hydrogen) atoms. The summed E-state index contributed by atoms with van der Waals surface area (Å²) < 4.78 is 14.6. The highest BCUT2D eigenvalue weighted by Crippen LogP contribution is 2.23.